The van der Waals surface area contributed by atoms with Gasteiger partial charge in [0.25, 0.3) is 0 Å². The van der Waals surface area contributed by atoms with Crippen molar-refractivity contribution < 1.29 is 4.79 Å². The second kappa shape index (κ2) is 5.57. The summed E-state index contributed by atoms with van der Waals surface area (Å²) >= 11 is 0. The Morgan fingerprint density at radius 1 is 1.28 bits per heavy atom. The minimum atomic E-state index is -0.250. The van der Waals surface area contributed by atoms with Crippen LogP contribution in [0.25, 0.3) is 0 Å². The molecular weight excluding hydrogens is 226 g/mol. The molecule has 2 heterocycles. The van der Waals surface area contributed by atoms with Gasteiger partial charge >= 0.3 is 0 Å². The number of carbonyl (C=O) groups excluding carboxylic acids is 1. The van der Waals surface area contributed by atoms with Gasteiger partial charge in [-0.3, -0.25) is 9.69 Å². The van der Waals surface area contributed by atoms with E-state index in [1.807, 2.05) is 0 Å². The minimum absolute atomic E-state index is 0.250. The van der Waals surface area contributed by atoms with Gasteiger partial charge in [-0.05, 0) is 39.7 Å². The zero-order chi connectivity index (χ0) is 13.2. The SMILES string of the molecule is CCC1(C(=O)N2CCN(C(C)C)CC2)CCCN1. The van der Waals surface area contributed by atoms with Crippen molar-refractivity contribution in [3.05, 3.63) is 0 Å². The smallest absolute Gasteiger partial charge is 0.242 e. The lowest BCUT2D eigenvalue weighted by molar-refractivity contribution is -0.140. The fourth-order valence-electron chi connectivity index (χ4n) is 3.19. The molecule has 0 spiro atoms. The highest BCUT2D eigenvalue weighted by molar-refractivity contribution is 5.86. The van der Waals surface area contributed by atoms with Crippen LogP contribution in [0, 0.1) is 0 Å². The van der Waals surface area contributed by atoms with Crippen molar-refractivity contribution in [2.24, 2.45) is 0 Å². The molecule has 1 N–H and O–H groups in total. The molecule has 1 atom stereocenters. The maximum absolute atomic E-state index is 12.7. The predicted molar refractivity (Wildman–Crippen MR) is 73.5 cm³/mol. The molecular formula is C14H27N3O. The molecule has 18 heavy (non-hydrogen) atoms. The Hall–Kier alpha value is -0.610. The lowest BCUT2D eigenvalue weighted by Gasteiger charge is -2.40. The maximum Gasteiger partial charge on any atom is 0.242 e. The van der Waals surface area contributed by atoms with Gasteiger partial charge in [0.1, 0.15) is 0 Å². The molecule has 1 unspecified atom stereocenters. The molecule has 1 amide bonds. The predicted octanol–water partition coefficient (Wildman–Crippen LogP) is 1.07. The average Bonchev–Trinajstić information content (AvgIpc) is 2.88. The molecule has 2 fully saturated rings. The first-order chi connectivity index (χ1) is 8.59. The fourth-order valence-corrected chi connectivity index (χ4v) is 3.19. The van der Waals surface area contributed by atoms with Crippen LogP contribution in [0.5, 0.6) is 0 Å². The van der Waals surface area contributed by atoms with Crippen LogP contribution >= 0.6 is 0 Å². The first-order valence-corrected chi connectivity index (χ1v) is 7.37. The van der Waals surface area contributed by atoms with Crippen molar-refractivity contribution >= 4 is 5.91 Å². The van der Waals surface area contributed by atoms with E-state index < -0.39 is 0 Å². The van der Waals surface area contributed by atoms with Crippen LogP contribution in [0.15, 0.2) is 0 Å². The quantitative estimate of drug-likeness (QED) is 0.817. The van der Waals surface area contributed by atoms with Gasteiger partial charge in [-0.25, -0.2) is 0 Å². The topological polar surface area (TPSA) is 35.6 Å². The Kier molecular flexibility index (Phi) is 4.28. The van der Waals surface area contributed by atoms with Crippen molar-refractivity contribution in [3.63, 3.8) is 0 Å². The Morgan fingerprint density at radius 3 is 2.39 bits per heavy atom. The molecule has 2 aliphatic rings. The lowest BCUT2D eigenvalue weighted by atomic mass is 9.92. The number of nitrogens with one attached hydrogen (secondary N) is 1. The molecule has 0 aromatic rings. The molecule has 4 heteroatoms. The van der Waals surface area contributed by atoms with Crippen LogP contribution in [0.1, 0.15) is 40.0 Å². The van der Waals surface area contributed by atoms with Crippen molar-refractivity contribution in [3.8, 4) is 0 Å². The normalized spacial score (nSPS) is 30.1. The molecule has 0 aromatic carbocycles. The van der Waals surface area contributed by atoms with Crippen molar-refractivity contribution in [1.29, 1.82) is 0 Å². The molecule has 2 saturated heterocycles. The number of hydrogen-bond acceptors (Lipinski definition) is 3. The van der Waals surface area contributed by atoms with Gasteiger partial charge in [-0.1, -0.05) is 6.92 Å². The van der Waals surface area contributed by atoms with E-state index in [1.165, 1.54) is 0 Å². The van der Waals surface area contributed by atoms with Gasteiger partial charge in [-0.15, -0.1) is 0 Å². The summed E-state index contributed by atoms with van der Waals surface area (Å²) in [5.74, 6) is 0.339. The zero-order valence-electron chi connectivity index (χ0n) is 12.0. The van der Waals surface area contributed by atoms with Crippen molar-refractivity contribution in [1.82, 2.24) is 15.1 Å². The van der Waals surface area contributed by atoms with Crippen LogP contribution in [0.2, 0.25) is 0 Å². The highest BCUT2D eigenvalue weighted by Crippen LogP contribution is 2.26. The average molecular weight is 253 g/mol. The Bertz CT molecular complexity index is 289. The van der Waals surface area contributed by atoms with E-state index in [-0.39, 0.29) is 5.54 Å². The third-order valence-electron chi connectivity index (χ3n) is 4.59. The van der Waals surface area contributed by atoms with Gasteiger partial charge in [0, 0.05) is 32.2 Å². The number of hydrogen-bond donors (Lipinski definition) is 1. The summed E-state index contributed by atoms with van der Waals surface area (Å²) in [6.07, 6.45) is 3.05. The second-order valence-electron chi connectivity index (χ2n) is 5.89. The van der Waals surface area contributed by atoms with E-state index in [4.69, 9.17) is 0 Å². The zero-order valence-corrected chi connectivity index (χ0v) is 12.0. The molecule has 0 aromatic heterocycles. The number of piperazine rings is 1. The monoisotopic (exact) mass is 253 g/mol. The fraction of sp³-hybridized carbons (Fsp3) is 0.929. The number of amides is 1. The molecule has 0 radical (unpaired) electrons. The van der Waals surface area contributed by atoms with E-state index in [2.05, 4.69) is 35.9 Å². The lowest BCUT2D eigenvalue weighted by Crippen LogP contribution is -2.59. The Labute approximate surface area is 111 Å². The molecule has 0 bridgehead atoms. The Morgan fingerprint density at radius 2 is 1.94 bits per heavy atom. The first kappa shape index (κ1) is 13.8. The van der Waals surface area contributed by atoms with Crippen LogP contribution in [-0.2, 0) is 4.79 Å². The van der Waals surface area contributed by atoms with Crippen LogP contribution in [0.4, 0.5) is 0 Å². The van der Waals surface area contributed by atoms with Gasteiger partial charge in [0.05, 0.1) is 5.54 Å². The standard InChI is InChI=1S/C14H27N3O/c1-4-14(6-5-7-15-14)13(18)17-10-8-16(9-11-17)12(2)3/h12,15H,4-11H2,1-3H3. The maximum atomic E-state index is 12.7. The first-order valence-electron chi connectivity index (χ1n) is 7.37. The second-order valence-corrected chi connectivity index (χ2v) is 5.89. The highest BCUT2D eigenvalue weighted by Gasteiger charge is 2.42. The van der Waals surface area contributed by atoms with Gasteiger partial charge in [0.15, 0.2) is 0 Å². The summed E-state index contributed by atoms with van der Waals surface area (Å²) in [4.78, 5) is 17.2. The molecule has 2 rings (SSSR count). The summed E-state index contributed by atoms with van der Waals surface area (Å²) in [6.45, 7) is 11.4. The van der Waals surface area contributed by atoms with E-state index in [1.54, 1.807) is 0 Å². The summed E-state index contributed by atoms with van der Waals surface area (Å²) in [5.41, 5.74) is -0.250. The molecule has 104 valence electrons. The summed E-state index contributed by atoms with van der Waals surface area (Å²) in [6, 6.07) is 0.590. The summed E-state index contributed by atoms with van der Waals surface area (Å²) in [5, 5.41) is 3.45. The van der Waals surface area contributed by atoms with E-state index in [9.17, 15) is 4.79 Å². The van der Waals surface area contributed by atoms with Crippen LogP contribution in [0.3, 0.4) is 0 Å². The summed E-state index contributed by atoms with van der Waals surface area (Å²) in [7, 11) is 0. The molecule has 0 saturated carbocycles. The van der Waals surface area contributed by atoms with E-state index in [0.717, 1.165) is 52.0 Å². The minimum Gasteiger partial charge on any atom is -0.339 e. The number of rotatable bonds is 3. The summed E-state index contributed by atoms with van der Waals surface area (Å²) < 4.78 is 0. The number of nitrogens with zero attached hydrogens (tertiary/aromatic N) is 2. The van der Waals surface area contributed by atoms with Gasteiger partial charge in [-0.2, -0.15) is 0 Å². The van der Waals surface area contributed by atoms with Crippen molar-refractivity contribution in [2.75, 3.05) is 32.7 Å². The van der Waals surface area contributed by atoms with Crippen LogP contribution < -0.4 is 5.32 Å². The third kappa shape index (κ3) is 2.54. The third-order valence-corrected chi connectivity index (χ3v) is 4.59. The molecule has 2 aliphatic heterocycles. The van der Waals surface area contributed by atoms with Gasteiger partial charge < -0.3 is 10.2 Å². The van der Waals surface area contributed by atoms with Crippen molar-refractivity contribution in [2.45, 2.75) is 51.6 Å². The van der Waals surface area contributed by atoms with Crippen LogP contribution in [-0.4, -0.2) is 60.0 Å². The van der Waals surface area contributed by atoms with Gasteiger partial charge in [0.2, 0.25) is 5.91 Å². The Balaban J connectivity index is 1.94. The molecule has 4 nitrogen and oxygen atoms in total. The largest absolute Gasteiger partial charge is 0.339 e. The van der Waals surface area contributed by atoms with E-state index in [0.29, 0.717) is 11.9 Å². The highest BCUT2D eigenvalue weighted by atomic mass is 16.2. The van der Waals surface area contributed by atoms with E-state index >= 15 is 0 Å². The molecule has 0 aliphatic carbocycles. The number of carbonyl (C=O) groups is 1.